The van der Waals surface area contributed by atoms with Crippen LogP contribution in [-0.2, 0) is 0 Å². The molecule has 66 valence electrons. The third kappa shape index (κ3) is 1.86. The number of benzene rings is 1. The Hall–Kier alpha value is -1.37. The van der Waals surface area contributed by atoms with Crippen LogP contribution < -0.4 is 0 Å². The Bertz CT molecular complexity index is 335. The minimum absolute atomic E-state index is 0.527. The van der Waals surface area contributed by atoms with E-state index in [1.807, 2.05) is 6.20 Å². The van der Waals surface area contributed by atoms with E-state index in [0.29, 0.717) is 5.92 Å². The Morgan fingerprint density at radius 1 is 1.23 bits per heavy atom. The summed E-state index contributed by atoms with van der Waals surface area (Å²) in [4.78, 5) is 4.24. The molecule has 0 saturated heterocycles. The third-order valence-electron chi connectivity index (χ3n) is 2.36. The zero-order valence-corrected chi connectivity index (χ0v) is 7.77. The molecule has 0 N–H and O–H groups in total. The Balaban J connectivity index is 2.21. The van der Waals surface area contributed by atoms with E-state index in [0.717, 1.165) is 6.42 Å². The molecule has 1 heteroatoms. The molecule has 0 fully saturated rings. The van der Waals surface area contributed by atoms with Crippen LogP contribution in [0.1, 0.15) is 24.8 Å². The first-order valence-electron chi connectivity index (χ1n) is 4.61. The molecule has 1 aromatic carbocycles. The molecule has 1 aromatic rings. The molecule has 0 radical (unpaired) electrons. The van der Waals surface area contributed by atoms with Gasteiger partial charge in [0.2, 0.25) is 0 Å². The minimum atomic E-state index is 0.527. The van der Waals surface area contributed by atoms with Crippen molar-refractivity contribution >= 4 is 5.71 Å². The van der Waals surface area contributed by atoms with Crippen LogP contribution >= 0.6 is 0 Å². The van der Waals surface area contributed by atoms with Crippen LogP contribution in [0.15, 0.2) is 47.6 Å². The summed E-state index contributed by atoms with van der Waals surface area (Å²) < 4.78 is 0. The monoisotopic (exact) mass is 171 g/mol. The molecule has 1 unspecified atom stereocenters. The summed E-state index contributed by atoms with van der Waals surface area (Å²) in [6.45, 7) is 2.08. The first-order valence-corrected chi connectivity index (χ1v) is 4.61. The highest BCUT2D eigenvalue weighted by atomic mass is 14.7. The largest absolute Gasteiger partial charge is 0.266 e. The number of aliphatic imine (C=N–C) groups is 1. The maximum absolute atomic E-state index is 4.24. The highest BCUT2D eigenvalue weighted by molar-refractivity contribution is 5.84. The van der Waals surface area contributed by atoms with E-state index in [1.165, 1.54) is 11.3 Å². The van der Waals surface area contributed by atoms with E-state index in [2.05, 4.69) is 48.3 Å². The number of rotatable bonds is 1. The van der Waals surface area contributed by atoms with Crippen molar-refractivity contribution in [1.29, 1.82) is 0 Å². The van der Waals surface area contributed by atoms with Gasteiger partial charge in [0, 0.05) is 17.8 Å². The molecule has 13 heavy (non-hydrogen) atoms. The molecule has 0 aromatic heterocycles. The van der Waals surface area contributed by atoms with Gasteiger partial charge in [-0.1, -0.05) is 36.4 Å². The number of nitrogens with zero attached hydrogens (tertiary/aromatic N) is 1. The van der Waals surface area contributed by atoms with Crippen LogP contribution in [0.5, 0.6) is 0 Å². The van der Waals surface area contributed by atoms with Crippen LogP contribution in [-0.4, -0.2) is 5.71 Å². The fourth-order valence-corrected chi connectivity index (χ4v) is 1.64. The molecule has 1 atom stereocenters. The van der Waals surface area contributed by atoms with Crippen LogP contribution in [0.25, 0.3) is 0 Å². The topological polar surface area (TPSA) is 12.4 Å². The van der Waals surface area contributed by atoms with E-state index in [1.54, 1.807) is 0 Å². The summed E-state index contributed by atoms with van der Waals surface area (Å²) in [5.74, 6) is 0.527. The molecular formula is C12H13N. The van der Waals surface area contributed by atoms with Crippen molar-refractivity contribution in [2.45, 2.75) is 19.3 Å². The molecule has 0 bridgehead atoms. The highest BCUT2D eigenvalue weighted by Gasteiger charge is 2.11. The zero-order chi connectivity index (χ0) is 9.10. The smallest absolute Gasteiger partial charge is 0.0233 e. The van der Waals surface area contributed by atoms with Gasteiger partial charge in [-0.2, -0.15) is 0 Å². The number of allylic oxidation sites excluding steroid dienone is 1. The Morgan fingerprint density at radius 3 is 2.69 bits per heavy atom. The van der Waals surface area contributed by atoms with Crippen LogP contribution in [0.4, 0.5) is 0 Å². The van der Waals surface area contributed by atoms with E-state index >= 15 is 0 Å². The van der Waals surface area contributed by atoms with Gasteiger partial charge < -0.3 is 0 Å². The molecule has 0 spiro atoms. The van der Waals surface area contributed by atoms with Crippen LogP contribution in [0.2, 0.25) is 0 Å². The maximum Gasteiger partial charge on any atom is 0.0233 e. The van der Waals surface area contributed by atoms with Crippen molar-refractivity contribution in [3.05, 3.63) is 48.2 Å². The Morgan fingerprint density at radius 2 is 2.00 bits per heavy atom. The molecule has 0 amide bonds. The van der Waals surface area contributed by atoms with Crippen molar-refractivity contribution in [3.63, 3.8) is 0 Å². The Labute approximate surface area is 78.8 Å². The lowest BCUT2D eigenvalue weighted by Gasteiger charge is -2.15. The molecule has 0 aliphatic carbocycles. The minimum Gasteiger partial charge on any atom is -0.266 e. The van der Waals surface area contributed by atoms with Crippen LogP contribution in [0, 0.1) is 0 Å². The zero-order valence-electron chi connectivity index (χ0n) is 7.77. The van der Waals surface area contributed by atoms with Crippen molar-refractivity contribution < 1.29 is 0 Å². The first-order chi connectivity index (χ1) is 6.36. The summed E-state index contributed by atoms with van der Waals surface area (Å²) in [5, 5.41) is 0. The van der Waals surface area contributed by atoms with Crippen LogP contribution in [0.3, 0.4) is 0 Å². The second-order valence-corrected chi connectivity index (χ2v) is 3.43. The van der Waals surface area contributed by atoms with Crippen molar-refractivity contribution in [2.24, 2.45) is 4.99 Å². The molecule has 0 saturated carbocycles. The van der Waals surface area contributed by atoms with Gasteiger partial charge in [0.1, 0.15) is 0 Å². The SMILES string of the molecule is CC1=NC=CC(c2ccccc2)C1. The summed E-state index contributed by atoms with van der Waals surface area (Å²) in [6.07, 6.45) is 5.14. The quantitative estimate of drug-likeness (QED) is 0.615. The average molecular weight is 171 g/mol. The van der Waals surface area contributed by atoms with Gasteiger partial charge in [-0.25, -0.2) is 0 Å². The highest BCUT2D eigenvalue weighted by Crippen LogP contribution is 2.23. The van der Waals surface area contributed by atoms with Gasteiger partial charge in [0.15, 0.2) is 0 Å². The number of hydrogen-bond donors (Lipinski definition) is 0. The van der Waals surface area contributed by atoms with E-state index in [4.69, 9.17) is 0 Å². The lowest BCUT2D eigenvalue weighted by Crippen LogP contribution is -2.04. The maximum atomic E-state index is 4.24. The predicted molar refractivity (Wildman–Crippen MR) is 56.0 cm³/mol. The van der Waals surface area contributed by atoms with E-state index in [-0.39, 0.29) is 0 Å². The molecule has 1 aliphatic rings. The second-order valence-electron chi connectivity index (χ2n) is 3.43. The normalized spacial score (nSPS) is 21.3. The van der Waals surface area contributed by atoms with Crippen molar-refractivity contribution in [2.75, 3.05) is 0 Å². The molecule has 1 nitrogen and oxygen atoms in total. The Kier molecular flexibility index (Phi) is 2.26. The molecule has 2 rings (SSSR count). The van der Waals surface area contributed by atoms with E-state index in [9.17, 15) is 0 Å². The average Bonchev–Trinajstić information content (AvgIpc) is 2.19. The lowest BCUT2D eigenvalue weighted by atomic mass is 9.92. The number of hydrogen-bond acceptors (Lipinski definition) is 1. The van der Waals surface area contributed by atoms with Gasteiger partial charge in [0.25, 0.3) is 0 Å². The third-order valence-corrected chi connectivity index (χ3v) is 2.36. The second kappa shape index (κ2) is 3.56. The van der Waals surface area contributed by atoms with Gasteiger partial charge >= 0.3 is 0 Å². The van der Waals surface area contributed by atoms with Crippen molar-refractivity contribution in [1.82, 2.24) is 0 Å². The van der Waals surface area contributed by atoms with E-state index < -0.39 is 0 Å². The predicted octanol–water partition coefficient (Wildman–Crippen LogP) is 3.15. The molecule has 1 aliphatic heterocycles. The first kappa shape index (κ1) is 8.24. The molecule has 1 heterocycles. The van der Waals surface area contributed by atoms with Gasteiger partial charge in [-0.3, -0.25) is 4.99 Å². The van der Waals surface area contributed by atoms with Crippen molar-refractivity contribution in [3.8, 4) is 0 Å². The van der Waals surface area contributed by atoms with Gasteiger partial charge in [-0.15, -0.1) is 0 Å². The summed E-state index contributed by atoms with van der Waals surface area (Å²) in [5.41, 5.74) is 2.60. The summed E-state index contributed by atoms with van der Waals surface area (Å²) in [7, 11) is 0. The fraction of sp³-hybridized carbons (Fsp3) is 0.250. The molecular weight excluding hydrogens is 158 g/mol. The fourth-order valence-electron chi connectivity index (χ4n) is 1.64. The standard InChI is InChI=1S/C12H13N/c1-10-9-12(7-8-13-10)11-5-3-2-4-6-11/h2-8,12H,9H2,1H3. The summed E-state index contributed by atoms with van der Waals surface area (Å²) in [6, 6.07) is 10.6. The van der Waals surface area contributed by atoms with Gasteiger partial charge in [0.05, 0.1) is 0 Å². The van der Waals surface area contributed by atoms with Gasteiger partial charge in [-0.05, 0) is 18.9 Å². The summed E-state index contributed by atoms with van der Waals surface area (Å²) >= 11 is 0. The lowest BCUT2D eigenvalue weighted by molar-refractivity contribution is 0.871.